The molecule has 0 aliphatic heterocycles. The van der Waals surface area contributed by atoms with Crippen molar-refractivity contribution >= 4 is 0 Å². The molecule has 0 fully saturated rings. The third-order valence-corrected chi connectivity index (χ3v) is 10.9. The van der Waals surface area contributed by atoms with Crippen LogP contribution in [0.2, 0.25) is 0 Å². The predicted octanol–water partition coefficient (Wildman–Crippen LogP) is 14.7. The highest BCUT2D eigenvalue weighted by Crippen LogP contribution is 2.46. The Bertz CT molecular complexity index is 2420. The third kappa shape index (κ3) is 8.69. The molecule has 4 heteroatoms. The molecule has 0 atom stereocenters. The average molecular weight is 789 g/mol. The van der Waals surface area contributed by atoms with Crippen LogP contribution in [0.4, 0.5) is 0 Å². The number of hydrogen-bond acceptors (Lipinski definition) is 4. The van der Waals surface area contributed by atoms with E-state index < -0.39 is 0 Å². The van der Waals surface area contributed by atoms with Crippen LogP contribution >= 0.6 is 0 Å². The summed E-state index contributed by atoms with van der Waals surface area (Å²) in [6.07, 6.45) is 0. The van der Waals surface area contributed by atoms with Crippen molar-refractivity contribution in [1.82, 2.24) is 0 Å². The lowest BCUT2D eigenvalue weighted by atomic mass is 9.92. The van der Waals surface area contributed by atoms with Gasteiger partial charge in [-0.3, -0.25) is 0 Å². The summed E-state index contributed by atoms with van der Waals surface area (Å²) < 4.78 is 0. The number of aromatic hydroxyl groups is 4. The van der Waals surface area contributed by atoms with E-state index in [-0.39, 0.29) is 23.0 Å². The summed E-state index contributed by atoms with van der Waals surface area (Å²) >= 11 is 0. The molecule has 0 bridgehead atoms. The molecule has 4 nitrogen and oxygen atoms in total. The molecule has 0 saturated heterocycles. The summed E-state index contributed by atoms with van der Waals surface area (Å²) in [7, 11) is 0. The first-order valence-corrected chi connectivity index (χ1v) is 20.3. The minimum atomic E-state index is 0.176. The second kappa shape index (κ2) is 17.1. The fourth-order valence-corrected chi connectivity index (χ4v) is 8.50. The van der Waals surface area contributed by atoms with Crippen LogP contribution in [0.15, 0.2) is 146 Å². The van der Waals surface area contributed by atoms with Crippen molar-refractivity contribution in [1.29, 1.82) is 0 Å². The SMILES string of the molecule is Cc1cc(C)cc(-c2cccc(-c3cccc(-c4cc(C)cc(C)c4)c3O)c2O)c1.Cc1cc(C)cc(-c2cccc(-c3cccc(-c4cc(C)cc(C)c4)c3O)c2O)c1. The van der Waals surface area contributed by atoms with Crippen LogP contribution in [0.25, 0.3) is 66.8 Å². The first kappa shape index (κ1) is 41.1. The van der Waals surface area contributed by atoms with Crippen LogP contribution in [-0.2, 0) is 0 Å². The van der Waals surface area contributed by atoms with E-state index in [1.807, 2.05) is 72.8 Å². The summed E-state index contributed by atoms with van der Waals surface area (Å²) in [6.45, 7) is 16.4. The van der Waals surface area contributed by atoms with Gasteiger partial charge in [0.05, 0.1) is 0 Å². The van der Waals surface area contributed by atoms with E-state index in [0.717, 1.165) is 89.0 Å². The van der Waals surface area contributed by atoms with Gasteiger partial charge in [-0.15, -0.1) is 0 Å². The van der Waals surface area contributed by atoms with Crippen LogP contribution in [-0.4, -0.2) is 20.4 Å². The first-order valence-electron chi connectivity index (χ1n) is 20.3. The van der Waals surface area contributed by atoms with Gasteiger partial charge < -0.3 is 20.4 Å². The Balaban J connectivity index is 0.000000181. The van der Waals surface area contributed by atoms with Gasteiger partial charge in [-0.25, -0.2) is 0 Å². The highest BCUT2D eigenvalue weighted by molar-refractivity contribution is 5.90. The highest BCUT2D eigenvalue weighted by Gasteiger charge is 2.19. The molecule has 0 aliphatic carbocycles. The van der Waals surface area contributed by atoms with E-state index in [2.05, 4.69) is 128 Å². The van der Waals surface area contributed by atoms with Gasteiger partial charge >= 0.3 is 0 Å². The van der Waals surface area contributed by atoms with Gasteiger partial charge in [0.15, 0.2) is 0 Å². The summed E-state index contributed by atoms with van der Waals surface area (Å²) in [6, 6.07) is 47.7. The minimum absolute atomic E-state index is 0.176. The molecule has 0 amide bonds. The lowest BCUT2D eigenvalue weighted by molar-refractivity contribution is 0.471. The van der Waals surface area contributed by atoms with E-state index in [9.17, 15) is 20.4 Å². The van der Waals surface area contributed by atoms with Crippen LogP contribution < -0.4 is 0 Å². The molecular formula is C56H52O4. The second-order valence-corrected chi connectivity index (χ2v) is 16.3. The fraction of sp³-hybridized carbons (Fsp3) is 0.143. The van der Waals surface area contributed by atoms with E-state index in [1.165, 1.54) is 0 Å². The zero-order chi connectivity index (χ0) is 42.8. The summed E-state index contributed by atoms with van der Waals surface area (Å²) in [5, 5.41) is 44.6. The third-order valence-electron chi connectivity index (χ3n) is 10.9. The quantitative estimate of drug-likeness (QED) is 0.135. The van der Waals surface area contributed by atoms with Crippen LogP contribution in [0.5, 0.6) is 23.0 Å². The molecule has 0 radical (unpaired) electrons. The highest BCUT2D eigenvalue weighted by atomic mass is 16.3. The van der Waals surface area contributed by atoms with E-state index >= 15 is 0 Å². The number of phenols is 4. The standard InChI is InChI=1S/2C28H26O2/c2*1-17-11-18(2)14-21(13-17)23-7-5-9-25(27(23)29)26-10-6-8-24(28(26)30)22-15-19(3)12-20(4)16-22/h2*5-16,29-30H,1-4H3. The number of aryl methyl sites for hydroxylation is 8. The molecule has 8 aromatic rings. The van der Waals surface area contributed by atoms with Crippen LogP contribution in [0, 0.1) is 55.4 Å². The summed E-state index contributed by atoms with van der Waals surface area (Å²) in [4.78, 5) is 0. The molecule has 8 rings (SSSR count). The largest absolute Gasteiger partial charge is 0.507 e. The maximum absolute atomic E-state index is 11.1. The Morgan fingerprint density at radius 3 is 0.533 bits per heavy atom. The maximum Gasteiger partial charge on any atom is 0.131 e. The molecule has 0 saturated carbocycles. The van der Waals surface area contributed by atoms with Crippen LogP contribution in [0.3, 0.4) is 0 Å². The molecule has 300 valence electrons. The smallest absolute Gasteiger partial charge is 0.131 e. The number of benzene rings is 8. The lowest BCUT2D eigenvalue weighted by Gasteiger charge is -2.15. The number of phenolic OH excluding ortho intramolecular Hbond substituents is 4. The van der Waals surface area contributed by atoms with Crippen molar-refractivity contribution in [2.75, 3.05) is 0 Å². The fourth-order valence-electron chi connectivity index (χ4n) is 8.50. The maximum atomic E-state index is 11.1. The Hall–Kier alpha value is -7.04. The normalized spacial score (nSPS) is 10.9. The van der Waals surface area contributed by atoms with Crippen LogP contribution in [0.1, 0.15) is 44.5 Å². The Morgan fingerprint density at radius 2 is 0.367 bits per heavy atom. The van der Waals surface area contributed by atoms with Crippen molar-refractivity contribution in [2.24, 2.45) is 0 Å². The van der Waals surface area contributed by atoms with Crippen molar-refractivity contribution in [2.45, 2.75) is 55.4 Å². The van der Waals surface area contributed by atoms with Gasteiger partial charge in [0.25, 0.3) is 0 Å². The van der Waals surface area contributed by atoms with Gasteiger partial charge in [0.1, 0.15) is 23.0 Å². The molecule has 8 aromatic carbocycles. The Kier molecular flexibility index (Phi) is 11.7. The topological polar surface area (TPSA) is 80.9 Å². The lowest BCUT2D eigenvalue weighted by Crippen LogP contribution is -1.89. The minimum Gasteiger partial charge on any atom is -0.507 e. The molecule has 0 aliphatic rings. The van der Waals surface area contributed by atoms with Gasteiger partial charge in [-0.1, -0.05) is 190 Å². The molecule has 0 unspecified atom stereocenters. The molecular weight excluding hydrogens is 737 g/mol. The van der Waals surface area contributed by atoms with E-state index in [0.29, 0.717) is 22.3 Å². The second-order valence-electron chi connectivity index (χ2n) is 16.3. The van der Waals surface area contributed by atoms with Gasteiger partial charge in [0, 0.05) is 44.5 Å². The molecule has 0 spiro atoms. The van der Waals surface area contributed by atoms with Crippen molar-refractivity contribution in [3.63, 3.8) is 0 Å². The zero-order valence-electron chi connectivity index (χ0n) is 35.6. The summed E-state index contributed by atoms with van der Waals surface area (Å²) in [5.74, 6) is 0.705. The van der Waals surface area contributed by atoms with E-state index in [1.54, 1.807) is 0 Å². The zero-order valence-corrected chi connectivity index (χ0v) is 35.6. The Labute approximate surface area is 354 Å². The van der Waals surface area contributed by atoms with Crippen molar-refractivity contribution in [3.8, 4) is 89.8 Å². The van der Waals surface area contributed by atoms with Gasteiger partial charge in [0.2, 0.25) is 0 Å². The monoisotopic (exact) mass is 788 g/mol. The molecule has 60 heavy (non-hydrogen) atoms. The molecule has 0 aromatic heterocycles. The van der Waals surface area contributed by atoms with Crippen molar-refractivity contribution in [3.05, 3.63) is 190 Å². The Morgan fingerprint density at radius 1 is 0.217 bits per heavy atom. The number of rotatable bonds is 6. The molecule has 0 heterocycles. The number of hydrogen-bond donors (Lipinski definition) is 4. The first-order chi connectivity index (χ1) is 28.7. The molecule has 4 N–H and O–H groups in total. The van der Waals surface area contributed by atoms with Gasteiger partial charge in [-0.2, -0.15) is 0 Å². The van der Waals surface area contributed by atoms with Crippen molar-refractivity contribution < 1.29 is 20.4 Å². The van der Waals surface area contributed by atoms with Gasteiger partial charge in [-0.05, 0) is 77.6 Å². The van der Waals surface area contributed by atoms with E-state index in [4.69, 9.17) is 0 Å². The average Bonchev–Trinajstić information content (AvgIpc) is 3.17. The summed E-state index contributed by atoms with van der Waals surface area (Å²) in [5.41, 5.74) is 18.6. The predicted molar refractivity (Wildman–Crippen MR) is 250 cm³/mol. The number of para-hydroxylation sites is 4.